The largest absolute Gasteiger partial charge is 0.388 e. The second-order valence-corrected chi connectivity index (χ2v) is 5.77. The van der Waals surface area contributed by atoms with Crippen molar-refractivity contribution in [3.63, 3.8) is 0 Å². The Morgan fingerprint density at radius 1 is 1.17 bits per heavy atom. The Labute approximate surface area is 136 Å². The van der Waals surface area contributed by atoms with Gasteiger partial charge in [0.15, 0.2) is 0 Å². The summed E-state index contributed by atoms with van der Waals surface area (Å²) in [6.45, 7) is 5.43. The van der Waals surface area contributed by atoms with Crippen LogP contribution in [0.15, 0.2) is 18.2 Å². The third-order valence-corrected chi connectivity index (χ3v) is 3.73. The van der Waals surface area contributed by atoms with Crippen molar-refractivity contribution >= 4 is 17.5 Å². The third-order valence-electron chi connectivity index (χ3n) is 3.73. The molecule has 6 heteroatoms. The normalized spacial score (nSPS) is 11.2. The number of halogens is 1. The summed E-state index contributed by atoms with van der Waals surface area (Å²) in [5, 5.41) is 15.2. The minimum absolute atomic E-state index is 0.0169. The van der Waals surface area contributed by atoms with E-state index >= 15 is 0 Å². The molecule has 1 rings (SSSR count). The zero-order valence-electron chi connectivity index (χ0n) is 13.9. The monoisotopic (exact) mass is 324 g/mol. The Balaban J connectivity index is 2.63. The van der Waals surface area contributed by atoms with Crippen molar-refractivity contribution in [2.45, 2.75) is 52.1 Å². The van der Waals surface area contributed by atoms with Crippen LogP contribution >= 0.6 is 0 Å². The van der Waals surface area contributed by atoms with Crippen molar-refractivity contribution in [3.8, 4) is 0 Å². The van der Waals surface area contributed by atoms with Crippen LogP contribution in [0.25, 0.3) is 0 Å². The number of carbonyl (C=O) groups excluding carboxylic acids is 2. The van der Waals surface area contributed by atoms with E-state index in [-0.39, 0.29) is 17.8 Å². The maximum absolute atomic E-state index is 13.4. The van der Waals surface area contributed by atoms with Gasteiger partial charge in [0, 0.05) is 17.8 Å². The van der Waals surface area contributed by atoms with Crippen molar-refractivity contribution in [2.24, 2.45) is 0 Å². The van der Waals surface area contributed by atoms with Crippen molar-refractivity contribution in [2.75, 3.05) is 11.9 Å². The number of rotatable bonds is 7. The lowest BCUT2D eigenvalue weighted by Crippen LogP contribution is -2.46. The predicted octanol–water partition coefficient (Wildman–Crippen LogP) is 2.52. The standard InChI is InChI=1S/C17H25FN2O3/c1-4-9-17(23,10-5-2)11-19-15(21)16(22)20-14-8-6-7-13(18)12(14)3/h6-8,23H,4-5,9-11H2,1-3H3,(H,19,21)(H,20,22). The van der Waals surface area contributed by atoms with Crippen LogP contribution in [0.4, 0.5) is 10.1 Å². The quantitative estimate of drug-likeness (QED) is 0.674. The summed E-state index contributed by atoms with van der Waals surface area (Å²) in [6.07, 6.45) is 2.65. The Kier molecular flexibility index (Phi) is 7.16. The van der Waals surface area contributed by atoms with Gasteiger partial charge in [0.1, 0.15) is 5.82 Å². The molecular weight excluding hydrogens is 299 g/mol. The van der Waals surface area contributed by atoms with Crippen LogP contribution in [-0.4, -0.2) is 29.1 Å². The molecule has 1 aromatic carbocycles. The summed E-state index contributed by atoms with van der Waals surface area (Å²) in [5.41, 5.74) is -0.488. The number of benzene rings is 1. The van der Waals surface area contributed by atoms with Crippen LogP contribution < -0.4 is 10.6 Å². The molecule has 0 aromatic heterocycles. The molecule has 0 heterocycles. The number of hydrogen-bond acceptors (Lipinski definition) is 3. The number of nitrogens with one attached hydrogen (secondary N) is 2. The fourth-order valence-corrected chi connectivity index (χ4v) is 2.48. The molecule has 2 amide bonds. The van der Waals surface area contributed by atoms with E-state index in [0.29, 0.717) is 12.8 Å². The molecule has 0 aliphatic rings. The minimum Gasteiger partial charge on any atom is -0.388 e. The van der Waals surface area contributed by atoms with Gasteiger partial charge in [-0.05, 0) is 31.9 Å². The van der Waals surface area contributed by atoms with Gasteiger partial charge in [-0.2, -0.15) is 0 Å². The van der Waals surface area contributed by atoms with Crippen LogP contribution in [0, 0.1) is 12.7 Å². The van der Waals surface area contributed by atoms with E-state index in [1.54, 1.807) is 0 Å². The van der Waals surface area contributed by atoms with Crippen LogP contribution in [0.3, 0.4) is 0 Å². The molecule has 0 radical (unpaired) electrons. The molecule has 0 spiro atoms. The van der Waals surface area contributed by atoms with Gasteiger partial charge in [0.25, 0.3) is 0 Å². The van der Waals surface area contributed by atoms with Gasteiger partial charge in [-0.3, -0.25) is 9.59 Å². The molecular formula is C17H25FN2O3. The first-order chi connectivity index (χ1) is 10.8. The first kappa shape index (κ1) is 19.1. The number of carbonyl (C=O) groups is 2. The minimum atomic E-state index is -1.01. The molecule has 0 aliphatic carbocycles. The van der Waals surface area contributed by atoms with Gasteiger partial charge < -0.3 is 15.7 Å². The van der Waals surface area contributed by atoms with E-state index in [4.69, 9.17) is 0 Å². The molecule has 5 nitrogen and oxygen atoms in total. The maximum Gasteiger partial charge on any atom is 0.313 e. The van der Waals surface area contributed by atoms with Crippen molar-refractivity contribution in [1.29, 1.82) is 0 Å². The third kappa shape index (κ3) is 5.63. The lowest BCUT2D eigenvalue weighted by atomic mass is 9.92. The molecule has 23 heavy (non-hydrogen) atoms. The van der Waals surface area contributed by atoms with Gasteiger partial charge in [0.05, 0.1) is 5.60 Å². The first-order valence-corrected chi connectivity index (χ1v) is 7.89. The zero-order valence-corrected chi connectivity index (χ0v) is 13.9. The summed E-state index contributed by atoms with van der Waals surface area (Å²) in [5.74, 6) is -2.18. The second kappa shape index (κ2) is 8.62. The maximum atomic E-state index is 13.4. The van der Waals surface area contributed by atoms with E-state index in [9.17, 15) is 19.1 Å². The lowest BCUT2D eigenvalue weighted by molar-refractivity contribution is -0.137. The van der Waals surface area contributed by atoms with E-state index in [1.165, 1.54) is 25.1 Å². The molecule has 128 valence electrons. The van der Waals surface area contributed by atoms with E-state index in [2.05, 4.69) is 10.6 Å². The van der Waals surface area contributed by atoms with E-state index in [1.807, 2.05) is 13.8 Å². The van der Waals surface area contributed by atoms with Gasteiger partial charge in [0.2, 0.25) is 0 Å². The second-order valence-electron chi connectivity index (χ2n) is 5.77. The molecule has 1 aromatic rings. The molecule has 0 unspecified atom stereocenters. The Morgan fingerprint density at radius 2 is 1.78 bits per heavy atom. The highest BCUT2D eigenvalue weighted by atomic mass is 19.1. The SMILES string of the molecule is CCCC(O)(CCC)CNC(=O)C(=O)Nc1cccc(F)c1C. The van der Waals surface area contributed by atoms with E-state index < -0.39 is 23.2 Å². The van der Waals surface area contributed by atoms with Crippen molar-refractivity contribution in [1.82, 2.24) is 5.32 Å². The lowest BCUT2D eigenvalue weighted by Gasteiger charge is -2.27. The fraction of sp³-hybridized carbons (Fsp3) is 0.529. The smallest absolute Gasteiger partial charge is 0.313 e. The first-order valence-electron chi connectivity index (χ1n) is 7.89. The number of aliphatic hydroxyl groups is 1. The number of hydrogen-bond donors (Lipinski definition) is 3. The Hall–Kier alpha value is -1.95. The van der Waals surface area contributed by atoms with Gasteiger partial charge in [-0.1, -0.05) is 32.8 Å². The summed E-state index contributed by atoms with van der Waals surface area (Å²) in [7, 11) is 0. The van der Waals surface area contributed by atoms with Crippen LogP contribution in [0.5, 0.6) is 0 Å². The molecule has 0 saturated heterocycles. The average Bonchev–Trinajstić information content (AvgIpc) is 2.50. The summed E-state index contributed by atoms with van der Waals surface area (Å²) in [4.78, 5) is 23.8. The highest BCUT2D eigenvalue weighted by Crippen LogP contribution is 2.19. The Morgan fingerprint density at radius 3 is 2.35 bits per heavy atom. The molecule has 3 N–H and O–H groups in total. The summed E-state index contributed by atoms with van der Waals surface area (Å²) < 4.78 is 13.4. The van der Waals surface area contributed by atoms with Crippen LogP contribution in [0.1, 0.15) is 45.1 Å². The van der Waals surface area contributed by atoms with Crippen LogP contribution in [-0.2, 0) is 9.59 Å². The Bertz CT molecular complexity index is 555. The number of amides is 2. The van der Waals surface area contributed by atoms with Gasteiger partial charge in [-0.25, -0.2) is 4.39 Å². The fourth-order valence-electron chi connectivity index (χ4n) is 2.48. The highest BCUT2D eigenvalue weighted by molar-refractivity contribution is 6.39. The van der Waals surface area contributed by atoms with Crippen molar-refractivity contribution < 1.29 is 19.1 Å². The molecule has 0 aliphatic heterocycles. The topological polar surface area (TPSA) is 78.4 Å². The molecule has 0 bridgehead atoms. The zero-order chi connectivity index (χ0) is 17.5. The van der Waals surface area contributed by atoms with Gasteiger partial charge in [-0.15, -0.1) is 0 Å². The average molecular weight is 324 g/mol. The molecule has 0 atom stereocenters. The predicted molar refractivity (Wildman–Crippen MR) is 87.5 cm³/mol. The summed E-state index contributed by atoms with van der Waals surface area (Å²) >= 11 is 0. The van der Waals surface area contributed by atoms with Crippen molar-refractivity contribution in [3.05, 3.63) is 29.6 Å². The molecule has 0 fully saturated rings. The van der Waals surface area contributed by atoms with Gasteiger partial charge >= 0.3 is 11.8 Å². The number of anilines is 1. The van der Waals surface area contributed by atoms with E-state index in [0.717, 1.165) is 12.8 Å². The molecule has 0 saturated carbocycles. The van der Waals surface area contributed by atoms with Crippen LogP contribution in [0.2, 0.25) is 0 Å². The highest BCUT2D eigenvalue weighted by Gasteiger charge is 2.27. The summed E-state index contributed by atoms with van der Waals surface area (Å²) in [6, 6.07) is 4.26.